The van der Waals surface area contributed by atoms with Crippen molar-refractivity contribution in [1.82, 2.24) is 24.5 Å². The molecule has 0 aliphatic rings. The van der Waals surface area contributed by atoms with Gasteiger partial charge in [-0.2, -0.15) is 4.98 Å². The highest BCUT2D eigenvalue weighted by molar-refractivity contribution is 5.64. The molecule has 0 saturated heterocycles. The summed E-state index contributed by atoms with van der Waals surface area (Å²) >= 11 is 0. The van der Waals surface area contributed by atoms with Crippen molar-refractivity contribution in [2.24, 2.45) is 0 Å². The van der Waals surface area contributed by atoms with Crippen molar-refractivity contribution in [3.05, 3.63) is 81.4 Å². The Balaban J connectivity index is 1.73. The first-order valence-corrected chi connectivity index (χ1v) is 10.9. The standard InChI is InChI=1S/C25H27N5O4/c1-14-7-8-18(20-9-10-26-24(29-20)25(5,6)32)11-21(14)30-16(3)27-22(15(2)23(30)31)34-13-19-12-33-17(4)28-19/h7-12,32H,13H2,1-6H3. The van der Waals surface area contributed by atoms with E-state index in [9.17, 15) is 9.90 Å². The van der Waals surface area contributed by atoms with Gasteiger partial charge in [-0.05, 0) is 52.3 Å². The van der Waals surface area contributed by atoms with Crippen molar-refractivity contribution in [2.75, 3.05) is 0 Å². The molecule has 0 amide bonds. The van der Waals surface area contributed by atoms with E-state index in [2.05, 4.69) is 19.9 Å². The van der Waals surface area contributed by atoms with Crippen LogP contribution < -0.4 is 10.3 Å². The van der Waals surface area contributed by atoms with Gasteiger partial charge < -0.3 is 14.3 Å². The van der Waals surface area contributed by atoms with E-state index in [0.717, 1.165) is 11.1 Å². The lowest BCUT2D eigenvalue weighted by Crippen LogP contribution is -2.26. The molecular formula is C25H27N5O4. The Hall–Kier alpha value is -3.85. The summed E-state index contributed by atoms with van der Waals surface area (Å²) in [6.07, 6.45) is 3.13. The first-order valence-electron chi connectivity index (χ1n) is 10.9. The maximum atomic E-state index is 13.4. The minimum Gasteiger partial charge on any atom is -0.471 e. The number of oxazole rings is 1. The van der Waals surface area contributed by atoms with Gasteiger partial charge in [-0.15, -0.1) is 0 Å². The van der Waals surface area contributed by atoms with E-state index >= 15 is 0 Å². The van der Waals surface area contributed by atoms with Crippen LogP contribution in [0.25, 0.3) is 16.9 Å². The van der Waals surface area contributed by atoms with Crippen LogP contribution in [0.1, 0.15) is 48.2 Å². The summed E-state index contributed by atoms with van der Waals surface area (Å²) < 4.78 is 12.5. The lowest BCUT2D eigenvalue weighted by atomic mass is 10.1. The zero-order valence-corrected chi connectivity index (χ0v) is 20.1. The number of aromatic nitrogens is 5. The minimum atomic E-state index is -1.17. The third-order valence-corrected chi connectivity index (χ3v) is 5.40. The zero-order chi connectivity index (χ0) is 24.6. The number of aryl methyl sites for hydroxylation is 3. The largest absolute Gasteiger partial charge is 0.471 e. The fourth-order valence-corrected chi connectivity index (χ4v) is 3.55. The molecular weight excluding hydrogens is 434 g/mol. The number of ether oxygens (including phenoxy) is 1. The Bertz CT molecular complexity index is 1420. The van der Waals surface area contributed by atoms with Crippen LogP contribution in [0.3, 0.4) is 0 Å². The second kappa shape index (κ2) is 8.83. The summed E-state index contributed by atoms with van der Waals surface area (Å²) in [6, 6.07) is 7.51. The topological polar surface area (TPSA) is 116 Å². The third kappa shape index (κ3) is 4.60. The van der Waals surface area contributed by atoms with Crippen molar-refractivity contribution in [3.63, 3.8) is 0 Å². The van der Waals surface area contributed by atoms with Gasteiger partial charge in [0.1, 0.15) is 30.0 Å². The van der Waals surface area contributed by atoms with E-state index in [1.54, 1.807) is 51.4 Å². The molecule has 0 spiro atoms. The average Bonchev–Trinajstić information content (AvgIpc) is 3.21. The Labute approximate surface area is 197 Å². The predicted molar refractivity (Wildman–Crippen MR) is 126 cm³/mol. The zero-order valence-electron chi connectivity index (χ0n) is 20.1. The second-order valence-electron chi connectivity index (χ2n) is 8.70. The van der Waals surface area contributed by atoms with Crippen LogP contribution in [0, 0.1) is 27.7 Å². The van der Waals surface area contributed by atoms with Crippen molar-refractivity contribution < 1.29 is 14.3 Å². The lowest BCUT2D eigenvalue weighted by molar-refractivity contribution is 0.0688. The van der Waals surface area contributed by atoms with Gasteiger partial charge in [0.15, 0.2) is 11.7 Å². The second-order valence-corrected chi connectivity index (χ2v) is 8.70. The highest BCUT2D eigenvalue weighted by atomic mass is 16.5. The predicted octanol–water partition coefficient (Wildman–Crippen LogP) is 3.72. The highest BCUT2D eigenvalue weighted by Gasteiger charge is 2.21. The smallest absolute Gasteiger partial charge is 0.264 e. The molecule has 0 radical (unpaired) electrons. The lowest BCUT2D eigenvalue weighted by Gasteiger charge is -2.18. The molecule has 9 nitrogen and oxygen atoms in total. The maximum Gasteiger partial charge on any atom is 0.264 e. The van der Waals surface area contributed by atoms with Gasteiger partial charge in [0, 0.05) is 18.7 Å². The third-order valence-electron chi connectivity index (χ3n) is 5.40. The molecule has 0 aliphatic carbocycles. The fourth-order valence-electron chi connectivity index (χ4n) is 3.55. The van der Waals surface area contributed by atoms with Crippen LogP contribution in [0.4, 0.5) is 0 Å². The molecule has 0 fully saturated rings. The van der Waals surface area contributed by atoms with Gasteiger partial charge in [0.05, 0.1) is 16.9 Å². The molecule has 3 aromatic heterocycles. The van der Waals surface area contributed by atoms with Crippen molar-refractivity contribution in [1.29, 1.82) is 0 Å². The number of rotatable bonds is 6. The van der Waals surface area contributed by atoms with Crippen LogP contribution in [0.2, 0.25) is 0 Å². The Morgan fingerprint density at radius 1 is 1.09 bits per heavy atom. The molecule has 34 heavy (non-hydrogen) atoms. The summed E-state index contributed by atoms with van der Waals surface area (Å²) in [5.41, 5.74) is 2.65. The van der Waals surface area contributed by atoms with E-state index < -0.39 is 5.60 Å². The summed E-state index contributed by atoms with van der Waals surface area (Å²) in [4.78, 5) is 30.8. The average molecular weight is 462 g/mol. The SMILES string of the molecule is Cc1nc(COc2nc(C)n(-c3cc(-c4ccnc(C(C)(C)O)n4)ccc3C)c(=O)c2C)co1. The minimum absolute atomic E-state index is 0.153. The molecule has 0 aliphatic heterocycles. The summed E-state index contributed by atoms with van der Waals surface area (Å²) in [7, 11) is 0. The maximum absolute atomic E-state index is 13.4. The molecule has 0 bridgehead atoms. The summed E-state index contributed by atoms with van der Waals surface area (Å²) in [6.45, 7) is 10.6. The highest BCUT2D eigenvalue weighted by Crippen LogP contribution is 2.26. The molecule has 4 aromatic rings. The quantitative estimate of drug-likeness (QED) is 0.462. The number of benzene rings is 1. The Morgan fingerprint density at radius 2 is 1.85 bits per heavy atom. The van der Waals surface area contributed by atoms with E-state index in [1.165, 1.54) is 6.26 Å². The normalized spacial score (nSPS) is 11.6. The first-order chi connectivity index (χ1) is 16.0. The number of aliphatic hydroxyl groups is 1. The van der Waals surface area contributed by atoms with Crippen LogP contribution in [0.5, 0.6) is 5.88 Å². The molecule has 176 valence electrons. The summed E-state index contributed by atoms with van der Waals surface area (Å²) in [5, 5.41) is 10.3. The van der Waals surface area contributed by atoms with Gasteiger partial charge in [-0.3, -0.25) is 9.36 Å². The van der Waals surface area contributed by atoms with Crippen LogP contribution >= 0.6 is 0 Å². The van der Waals surface area contributed by atoms with Crippen LogP contribution in [-0.4, -0.2) is 29.6 Å². The van der Waals surface area contributed by atoms with Crippen LogP contribution in [0.15, 0.2) is 45.9 Å². The van der Waals surface area contributed by atoms with Gasteiger partial charge in [0.2, 0.25) is 5.88 Å². The molecule has 0 atom stereocenters. The monoisotopic (exact) mass is 461 g/mol. The van der Waals surface area contributed by atoms with E-state index in [-0.39, 0.29) is 18.0 Å². The summed E-state index contributed by atoms with van der Waals surface area (Å²) in [5.74, 6) is 1.62. The van der Waals surface area contributed by atoms with Gasteiger partial charge >= 0.3 is 0 Å². The van der Waals surface area contributed by atoms with Crippen molar-refractivity contribution in [2.45, 2.75) is 53.8 Å². The fraction of sp³-hybridized carbons (Fsp3) is 0.320. The van der Waals surface area contributed by atoms with Crippen molar-refractivity contribution in [3.8, 4) is 22.8 Å². The molecule has 9 heteroatoms. The van der Waals surface area contributed by atoms with E-state index in [0.29, 0.717) is 40.2 Å². The molecule has 1 aromatic carbocycles. The molecule has 1 N–H and O–H groups in total. The van der Waals surface area contributed by atoms with Crippen molar-refractivity contribution >= 4 is 0 Å². The number of hydrogen-bond donors (Lipinski definition) is 1. The molecule has 3 heterocycles. The first kappa shape index (κ1) is 23.3. The van der Waals surface area contributed by atoms with E-state index in [4.69, 9.17) is 9.15 Å². The Kier molecular flexibility index (Phi) is 6.05. The van der Waals surface area contributed by atoms with Gasteiger partial charge in [-0.25, -0.2) is 15.0 Å². The van der Waals surface area contributed by atoms with Gasteiger partial charge in [-0.1, -0.05) is 12.1 Å². The Morgan fingerprint density at radius 3 is 2.53 bits per heavy atom. The molecule has 4 rings (SSSR count). The van der Waals surface area contributed by atoms with Crippen LogP contribution in [-0.2, 0) is 12.2 Å². The van der Waals surface area contributed by atoms with Gasteiger partial charge in [0.25, 0.3) is 5.56 Å². The van der Waals surface area contributed by atoms with E-state index in [1.807, 2.05) is 25.1 Å². The number of hydrogen-bond acceptors (Lipinski definition) is 8. The number of nitrogens with zero attached hydrogens (tertiary/aromatic N) is 5. The molecule has 0 unspecified atom stereocenters. The molecule has 0 saturated carbocycles.